The normalized spacial score (nSPS) is 16.1. The van der Waals surface area contributed by atoms with Crippen molar-refractivity contribution in [3.8, 4) is 0 Å². The average Bonchev–Trinajstić information content (AvgIpc) is 2.55. The second-order valence-electron chi connectivity index (χ2n) is 7.38. The van der Waals surface area contributed by atoms with Crippen LogP contribution in [-0.2, 0) is 16.1 Å². The SMILES string of the molecule is CC(C)C[C@H](N)C(=O)Nc1cccc(CN2CCC(C(N)=O)CC2)c1.Cl.Cl. The van der Waals surface area contributed by atoms with Gasteiger partial charge >= 0.3 is 0 Å². The van der Waals surface area contributed by atoms with E-state index in [1.54, 1.807) is 0 Å². The minimum atomic E-state index is -0.489. The maximum absolute atomic E-state index is 12.2. The minimum Gasteiger partial charge on any atom is -0.369 e. The molecular formula is C19H32Cl2N4O2. The van der Waals surface area contributed by atoms with E-state index in [1.165, 1.54) is 0 Å². The number of nitrogens with two attached hydrogens (primary N) is 2. The van der Waals surface area contributed by atoms with Crippen molar-refractivity contribution in [2.45, 2.75) is 45.7 Å². The van der Waals surface area contributed by atoms with Gasteiger partial charge in [0, 0.05) is 18.2 Å². The summed E-state index contributed by atoms with van der Waals surface area (Å²) in [5.41, 5.74) is 13.2. The summed E-state index contributed by atoms with van der Waals surface area (Å²) in [6.45, 7) is 6.63. The van der Waals surface area contributed by atoms with Crippen LogP contribution in [0.2, 0.25) is 0 Å². The van der Waals surface area contributed by atoms with Crippen molar-refractivity contribution in [2.75, 3.05) is 18.4 Å². The van der Waals surface area contributed by atoms with Crippen molar-refractivity contribution in [3.05, 3.63) is 29.8 Å². The lowest BCUT2D eigenvalue weighted by molar-refractivity contribution is -0.123. The predicted molar refractivity (Wildman–Crippen MR) is 114 cm³/mol. The van der Waals surface area contributed by atoms with Crippen LogP contribution in [0.5, 0.6) is 0 Å². The molecule has 1 aliphatic rings. The van der Waals surface area contributed by atoms with E-state index in [9.17, 15) is 9.59 Å². The first-order chi connectivity index (χ1) is 11.8. The Morgan fingerprint density at radius 3 is 2.41 bits per heavy atom. The van der Waals surface area contributed by atoms with Crippen molar-refractivity contribution in [3.63, 3.8) is 0 Å². The molecule has 1 aromatic carbocycles. The molecule has 27 heavy (non-hydrogen) atoms. The van der Waals surface area contributed by atoms with Gasteiger partial charge in [-0.2, -0.15) is 0 Å². The Morgan fingerprint density at radius 1 is 1.22 bits per heavy atom. The van der Waals surface area contributed by atoms with Gasteiger partial charge in [0.2, 0.25) is 11.8 Å². The van der Waals surface area contributed by atoms with Crippen molar-refractivity contribution < 1.29 is 9.59 Å². The highest BCUT2D eigenvalue weighted by Crippen LogP contribution is 2.20. The van der Waals surface area contributed by atoms with E-state index in [0.717, 1.165) is 43.7 Å². The van der Waals surface area contributed by atoms with E-state index in [1.807, 2.05) is 24.3 Å². The lowest BCUT2D eigenvalue weighted by Crippen LogP contribution is -2.38. The molecule has 0 spiro atoms. The van der Waals surface area contributed by atoms with Gasteiger partial charge in [0.05, 0.1) is 6.04 Å². The molecule has 8 heteroatoms. The van der Waals surface area contributed by atoms with Crippen LogP contribution >= 0.6 is 24.8 Å². The number of carbonyl (C=O) groups is 2. The Labute approximate surface area is 174 Å². The third-order valence-electron chi connectivity index (χ3n) is 4.65. The number of hydrogen-bond acceptors (Lipinski definition) is 4. The summed E-state index contributed by atoms with van der Waals surface area (Å²) >= 11 is 0. The molecule has 1 aromatic rings. The van der Waals surface area contributed by atoms with Gasteiger partial charge in [-0.15, -0.1) is 24.8 Å². The number of halogens is 2. The van der Waals surface area contributed by atoms with Crippen LogP contribution in [0, 0.1) is 11.8 Å². The molecule has 6 nitrogen and oxygen atoms in total. The molecule has 1 aliphatic heterocycles. The smallest absolute Gasteiger partial charge is 0.241 e. The highest BCUT2D eigenvalue weighted by atomic mass is 35.5. The zero-order chi connectivity index (χ0) is 18.4. The molecule has 1 fully saturated rings. The molecule has 0 radical (unpaired) electrons. The maximum atomic E-state index is 12.2. The molecule has 5 N–H and O–H groups in total. The lowest BCUT2D eigenvalue weighted by Gasteiger charge is -2.30. The van der Waals surface area contributed by atoms with Gasteiger partial charge in [-0.3, -0.25) is 14.5 Å². The maximum Gasteiger partial charge on any atom is 0.241 e. The molecular weight excluding hydrogens is 387 g/mol. The second-order valence-corrected chi connectivity index (χ2v) is 7.38. The summed E-state index contributed by atoms with van der Waals surface area (Å²) in [7, 11) is 0. The molecule has 1 saturated heterocycles. The number of carbonyl (C=O) groups excluding carboxylic acids is 2. The molecule has 1 heterocycles. The summed E-state index contributed by atoms with van der Waals surface area (Å²) in [6.07, 6.45) is 2.30. The third-order valence-corrected chi connectivity index (χ3v) is 4.65. The summed E-state index contributed by atoms with van der Waals surface area (Å²) in [5, 5.41) is 2.90. The van der Waals surface area contributed by atoms with Crippen molar-refractivity contribution in [1.82, 2.24) is 4.90 Å². The second kappa shape index (κ2) is 12.2. The molecule has 154 valence electrons. The fourth-order valence-electron chi connectivity index (χ4n) is 3.23. The number of nitrogens with zero attached hydrogens (tertiary/aromatic N) is 1. The topological polar surface area (TPSA) is 101 Å². The number of piperidine rings is 1. The van der Waals surface area contributed by atoms with Gasteiger partial charge in [0.1, 0.15) is 0 Å². The van der Waals surface area contributed by atoms with Crippen LogP contribution in [0.15, 0.2) is 24.3 Å². The van der Waals surface area contributed by atoms with Crippen LogP contribution in [-0.4, -0.2) is 35.8 Å². The molecule has 0 unspecified atom stereocenters. The lowest BCUT2D eigenvalue weighted by atomic mass is 9.96. The van der Waals surface area contributed by atoms with Gasteiger partial charge < -0.3 is 16.8 Å². The molecule has 0 bridgehead atoms. The first-order valence-electron chi connectivity index (χ1n) is 9.02. The summed E-state index contributed by atoms with van der Waals surface area (Å²) in [5.74, 6) is 0.0509. The third kappa shape index (κ3) is 8.47. The van der Waals surface area contributed by atoms with Crippen LogP contribution < -0.4 is 16.8 Å². The first kappa shape index (κ1) is 25.7. The first-order valence-corrected chi connectivity index (χ1v) is 9.02. The van der Waals surface area contributed by atoms with E-state index in [4.69, 9.17) is 11.5 Å². The van der Waals surface area contributed by atoms with E-state index >= 15 is 0 Å². The molecule has 1 atom stereocenters. The number of primary amides is 1. The summed E-state index contributed by atoms with van der Waals surface area (Å²) in [4.78, 5) is 25.7. The molecule has 0 saturated carbocycles. The monoisotopic (exact) mass is 418 g/mol. The van der Waals surface area contributed by atoms with E-state index in [0.29, 0.717) is 12.3 Å². The quantitative estimate of drug-likeness (QED) is 0.632. The molecule has 0 aliphatic carbocycles. The van der Waals surface area contributed by atoms with Gasteiger partial charge in [0.25, 0.3) is 0 Å². The van der Waals surface area contributed by atoms with Crippen LogP contribution in [0.25, 0.3) is 0 Å². The number of likely N-dealkylation sites (tertiary alicyclic amines) is 1. The summed E-state index contributed by atoms with van der Waals surface area (Å²) in [6, 6.07) is 7.36. The Balaban J connectivity index is 0.00000338. The zero-order valence-corrected chi connectivity index (χ0v) is 17.7. The number of anilines is 1. The average molecular weight is 419 g/mol. The van der Waals surface area contributed by atoms with E-state index < -0.39 is 6.04 Å². The molecule has 0 aromatic heterocycles. The number of nitrogens with one attached hydrogen (secondary N) is 1. The number of benzene rings is 1. The van der Waals surface area contributed by atoms with Crippen molar-refractivity contribution in [1.29, 1.82) is 0 Å². The zero-order valence-electron chi connectivity index (χ0n) is 16.0. The van der Waals surface area contributed by atoms with Crippen LogP contribution in [0.3, 0.4) is 0 Å². The number of amides is 2. The van der Waals surface area contributed by atoms with Gasteiger partial charge in [0.15, 0.2) is 0 Å². The Kier molecular flexibility index (Phi) is 11.6. The number of rotatable bonds is 7. The van der Waals surface area contributed by atoms with Gasteiger partial charge in [-0.05, 0) is 56.0 Å². The van der Waals surface area contributed by atoms with Crippen LogP contribution in [0.4, 0.5) is 5.69 Å². The van der Waals surface area contributed by atoms with Gasteiger partial charge in [-0.25, -0.2) is 0 Å². The number of hydrogen-bond donors (Lipinski definition) is 3. The molecule has 2 rings (SSSR count). The Morgan fingerprint density at radius 2 is 1.85 bits per heavy atom. The standard InChI is InChI=1S/C19H30N4O2.2ClH/c1-13(2)10-17(20)19(25)22-16-5-3-4-14(11-16)12-23-8-6-15(7-9-23)18(21)24;;/h3-5,11,13,15,17H,6-10,12,20H2,1-2H3,(H2,21,24)(H,22,25);2*1H/t17-;;/m0../s1. The predicted octanol–water partition coefficient (Wildman–Crippen LogP) is 2.54. The summed E-state index contributed by atoms with van der Waals surface area (Å²) < 4.78 is 0. The highest BCUT2D eigenvalue weighted by Gasteiger charge is 2.23. The fraction of sp³-hybridized carbons (Fsp3) is 0.579. The van der Waals surface area contributed by atoms with Crippen molar-refractivity contribution >= 4 is 42.3 Å². The minimum absolute atomic E-state index is 0. The Bertz CT molecular complexity index is 605. The highest BCUT2D eigenvalue weighted by molar-refractivity contribution is 5.94. The van der Waals surface area contributed by atoms with Crippen molar-refractivity contribution in [2.24, 2.45) is 23.3 Å². The molecule has 2 amide bonds. The largest absolute Gasteiger partial charge is 0.369 e. The fourth-order valence-corrected chi connectivity index (χ4v) is 3.23. The Hall–Kier alpha value is -1.34. The van der Waals surface area contributed by atoms with Crippen LogP contribution in [0.1, 0.15) is 38.7 Å². The van der Waals surface area contributed by atoms with E-state index in [2.05, 4.69) is 24.1 Å². The van der Waals surface area contributed by atoms with E-state index in [-0.39, 0.29) is 42.5 Å². The van der Waals surface area contributed by atoms with Gasteiger partial charge in [-0.1, -0.05) is 26.0 Å².